The van der Waals surface area contributed by atoms with Gasteiger partial charge in [0, 0.05) is 11.6 Å². The first-order chi connectivity index (χ1) is 15.5. The third-order valence-electron chi connectivity index (χ3n) is 5.56. The van der Waals surface area contributed by atoms with Gasteiger partial charge in [-0.25, -0.2) is 9.20 Å². The molecule has 1 unspecified atom stereocenters. The van der Waals surface area contributed by atoms with Crippen molar-refractivity contribution in [3.8, 4) is 11.3 Å². The van der Waals surface area contributed by atoms with Crippen LogP contribution in [0.15, 0.2) is 71.8 Å². The molecule has 7 heteroatoms. The number of fused-ring (bicyclic) bond motifs is 1. The predicted octanol–water partition coefficient (Wildman–Crippen LogP) is 3.26. The molecule has 32 heavy (non-hydrogen) atoms. The van der Waals surface area contributed by atoms with Gasteiger partial charge in [-0.1, -0.05) is 61.5 Å². The Bertz CT molecular complexity index is 1260. The first kappa shape index (κ1) is 21.5. The SMILES string of the molecule is CCc1ccc(-c2cc3c(=O)n(CC(=O)NC(C)CCc4ccccc4)ncn3n2)cc1. The number of aromatic nitrogens is 4. The number of carbonyl (C=O) groups excluding carboxylic acids is 1. The van der Waals surface area contributed by atoms with E-state index in [9.17, 15) is 9.59 Å². The standard InChI is InChI=1S/C25H27N5O2/c1-3-19-11-13-21(14-12-19)22-15-23-25(32)29(26-17-30(23)28-22)16-24(31)27-18(2)9-10-20-7-5-4-6-8-20/h4-8,11-15,17-18H,3,9-10,16H2,1-2H3,(H,27,31). The monoisotopic (exact) mass is 429 g/mol. The van der Waals surface area contributed by atoms with E-state index in [1.54, 1.807) is 6.07 Å². The maximum Gasteiger partial charge on any atom is 0.293 e. The van der Waals surface area contributed by atoms with E-state index in [2.05, 4.69) is 46.7 Å². The van der Waals surface area contributed by atoms with Gasteiger partial charge in [0.25, 0.3) is 5.56 Å². The summed E-state index contributed by atoms with van der Waals surface area (Å²) < 4.78 is 2.64. The second kappa shape index (κ2) is 9.60. The lowest BCUT2D eigenvalue weighted by Crippen LogP contribution is -2.38. The number of hydrogen-bond donors (Lipinski definition) is 1. The van der Waals surface area contributed by atoms with Crippen LogP contribution in [0.1, 0.15) is 31.4 Å². The van der Waals surface area contributed by atoms with Crippen molar-refractivity contribution in [3.05, 3.63) is 88.5 Å². The van der Waals surface area contributed by atoms with E-state index in [0.29, 0.717) is 11.2 Å². The molecule has 0 aliphatic heterocycles. The largest absolute Gasteiger partial charge is 0.352 e. The molecule has 4 aromatic rings. The lowest BCUT2D eigenvalue weighted by atomic mass is 10.1. The Morgan fingerprint density at radius 2 is 1.81 bits per heavy atom. The number of carbonyl (C=O) groups is 1. The molecular formula is C25H27N5O2. The molecule has 0 saturated carbocycles. The van der Waals surface area contributed by atoms with Crippen molar-refractivity contribution in [1.29, 1.82) is 0 Å². The predicted molar refractivity (Wildman–Crippen MR) is 124 cm³/mol. The maximum atomic E-state index is 12.9. The average molecular weight is 430 g/mol. The number of amides is 1. The molecule has 2 aromatic carbocycles. The first-order valence-electron chi connectivity index (χ1n) is 10.9. The summed E-state index contributed by atoms with van der Waals surface area (Å²) in [7, 11) is 0. The maximum absolute atomic E-state index is 12.9. The van der Waals surface area contributed by atoms with Crippen LogP contribution in [0.3, 0.4) is 0 Å². The van der Waals surface area contributed by atoms with Crippen molar-refractivity contribution in [2.75, 3.05) is 0 Å². The van der Waals surface area contributed by atoms with Crippen molar-refractivity contribution in [3.63, 3.8) is 0 Å². The normalized spacial score (nSPS) is 12.1. The topological polar surface area (TPSA) is 81.3 Å². The second-order valence-corrected chi connectivity index (χ2v) is 8.00. The van der Waals surface area contributed by atoms with E-state index in [4.69, 9.17) is 0 Å². The molecule has 2 aromatic heterocycles. The summed E-state index contributed by atoms with van der Waals surface area (Å²) in [4.78, 5) is 25.3. The molecule has 0 radical (unpaired) electrons. The number of aryl methyl sites for hydroxylation is 2. The van der Waals surface area contributed by atoms with Gasteiger partial charge in [-0.3, -0.25) is 9.59 Å². The third-order valence-corrected chi connectivity index (χ3v) is 5.56. The summed E-state index contributed by atoms with van der Waals surface area (Å²) in [6.07, 6.45) is 4.13. The van der Waals surface area contributed by atoms with Crippen LogP contribution in [0.25, 0.3) is 16.8 Å². The first-order valence-corrected chi connectivity index (χ1v) is 10.9. The molecule has 2 heterocycles. The van der Waals surface area contributed by atoms with Gasteiger partial charge in [0.05, 0.1) is 5.69 Å². The van der Waals surface area contributed by atoms with Crippen LogP contribution in [-0.4, -0.2) is 31.3 Å². The molecule has 1 N–H and O–H groups in total. The van der Waals surface area contributed by atoms with E-state index in [1.807, 2.05) is 37.3 Å². The molecule has 0 spiro atoms. The van der Waals surface area contributed by atoms with E-state index in [-0.39, 0.29) is 24.1 Å². The third kappa shape index (κ3) is 4.94. The number of rotatable bonds is 8. The van der Waals surface area contributed by atoms with Crippen LogP contribution in [0, 0.1) is 0 Å². The Labute approximate surface area is 186 Å². The Morgan fingerprint density at radius 1 is 1.06 bits per heavy atom. The smallest absolute Gasteiger partial charge is 0.293 e. The summed E-state index contributed by atoms with van der Waals surface area (Å²) in [5.41, 5.74) is 4.15. The highest BCUT2D eigenvalue weighted by atomic mass is 16.2. The van der Waals surface area contributed by atoms with Gasteiger partial charge in [0.15, 0.2) is 0 Å². The summed E-state index contributed by atoms with van der Waals surface area (Å²) in [5, 5.41) is 11.5. The fourth-order valence-corrected chi connectivity index (χ4v) is 3.66. The van der Waals surface area contributed by atoms with E-state index < -0.39 is 0 Å². The van der Waals surface area contributed by atoms with Gasteiger partial charge < -0.3 is 5.32 Å². The molecule has 0 aliphatic rings. The molecule has 0 saturated heterocycles. The Hall–Kier alpha value is -3.74. The van der Waals surface area contributed by atoms with Crippen LogP contribution in [0.2, 0.25) is 0 Å². The minimum atomic E-state index is -0.344. The summed E-state index contributed by atoms with van der Waals surface area (Å²) in [6.45, 7) is 3.94. The van der Waals surface area contributed by atoms with Crippen molar-refractivity contribution in [1.82, 2.24) is 24.7 Å². The number of hydrogen-bond acceptors (Lipinski definition) is 4. The zero-order chi connectivity index (χ0) is 22.5. The van der Waals surface area contributed by atoms with Crippen LogP contribution in [-0.2, 0) is 24.2 Å². The van der Waals surface area contributed by atoms with E-state index in [1.165, 1.54) is 26.7 Å². The van der Waals surface area contributed by atoms with Crippen molar-refractivity contribution in [2.45, 2.75) is 45.7 Å². The van der Waals surface area contributed by atoms with Gasteiger partial charge >= 0.3 is 0 Å². The van der Waals surface area contributed by atoms with Crippen molar-refractivity contribution in [2.24, 2.45) is 0 Å². The van der Waals surface area contributed by atoms with Crippen LogP contribution >= 0.6 is 0 Å². The van der Waals surface area contributed by atoms with Gasteiger partial charge in [0.2, 0.25) is 5.91 Å². The molecule has 4 rings (SSSR count). The Morgan fingerprint density at radius 3 is 2.53 bits per heavy atom. The number of nitrogens with zero attached hydrogens (tertiary/aromatic N) is 4. The molecule has 0 aliphatic carbocycles. The quantitative estimate of drug-likeness (QED) is 0.466. The van der Waals surface area contributed by atoms with E-state index in [0.717, 1.165) is 24.8 Å². The molecular weight excluding hydrogens is 402 g/mol. The molecule has 0 bridgehead atoms. The molecule has 1 atom stereocenters. The van der Waals surface area contributed by atoms with Crippen molar-refractivity contribution >= 4 is 11.4 Å². The zero-order valence-electron chi connectivity index (χ0n) is 18.4. The lowest BCUT2D eigenvalue weighted by molar-refractivity contribution is -0.122. The Balaban J connectivity index is 1.43. The summed E-state index contributed by atoms with van der Waals surface area (Å²) in [5.74, 6) is -0.237. The highest BCUT2D eigenvalue weighted by Gasteiger charge is 2.14. The summed E-state index contributed by atoms with van der Waals surface area (Å²) >= 11 is 0. The van der Waals surface area contributed by atoms with Gasteiger partial charge in [-0.05, 0) is 43.4 Å². The van der Waals surface area contributed by atoms with Gasteiger partial charge in [-0.2, -0.15) is 10.2 Å². The number of nitrogens with one attached hydrogen (secondary N) is 1. The zero-order valence-corrected chi connectivity index (χ0v) is 18.4. The Kier molecular flexibility index (Phi) is 6.44. The van der Waals surface area contributed by atoms with E-state index >= 15 is 0 Å². The molecule has 164 valence electrons. The molecule has 0 fully saturated rings. The van der Waals surface area contributed by atoms with Crippen LogP contribution in [0.5, 0.6) is 0 Å². The van der Waals surface area contributed by atoms with Crippen LogP contribution < -0.4 is 10.9 Å². The van der Waals surface area contributed by atoms with Crippen molar-refractivity contribution < 1.29 is 4.79 Å². The van der Waals surface area contributed by atoms with Gasteiger partial charge in [-0.15, -0.1) is 0 Å². The highest BCUT2D eigenvalue weighted by Crippen LogP contribution is 2.19. The fourth-order valence-electron chi connectivity index (χ4n) is 3.66. The lowest BCUT2D eigenvalue weighted by Gasteiger charge is -2.14. The van der Waals surface area contributed by atoms with Gasteiger partial charge in [0.1, 0.15) is 18.4 Å². The highest BCUT2D eigenvalue weighted by molar-refractivity contribution is 5.76. The fraction of sp³-hybridized carbons (Fsp3) is 0.280. The average Bonchev–Trinajstić information content (AvgIpc) is 3.25. The minimum Gasteiger partial charge on any atom is -0.352 e. The minimum absolute atomic E-state index is 0.00481. The molecule has 7 nitrogen and oxygen atoms in total. The number of benzene rings is 2. The molecule has 1 amide bonds. The second-order valence-electron chi connectivity index (χ2n) is 8.00. The summed E-state index contributed by atoms with van der Waals surface area (Å²) in [6, 6.07) is 20.0. The van der Waals surface area contributed by atoms with Crippen LogP contribution in [0.4, 0.5) is 0 Å².